The summed E-state index contributed by atoms with van der Waals surface area (Å²) in [5, 5.41) is 4.18. The van der Waals surface area contributed by atoms with Gasteiger partial charge in [-0.15, -0.1) is 0 Å². The number of imidazole rings is 1. The number of nitrogens with zero attached hydrogens (tertiary/aromatic N) is 2. The fourth-order valence-electron chi connectivity index (χ4n) is 2.05. The fourth-order valence-corrected chi connectivity index (χ4v) is 2.05. The summed E-state index contributed by atoms with van der Waals surface area (Å²) >= 11 is 0. The van der Waals surface area contributed by atoms with Crippen molar-refractivity contribution in [1.29, 1.82) is 0 Å². The van der Waals surface area contributed by atoms with Crippen molar-refractivity contribution in [2.24, 2.45) is 5.10 Å². The van der Waals surface area contributed by atoms with Gasteiger partial charge in [-0.3, -0.25) is 0 Å². The minimum Gasteiger partial charge on any atom is -0.323 e. The Hall–Kier alpha value is -2.62. The molecule has 0 spiro atoms. The van der Waals surface area contributed by atoms with E-state index in [9.17, 15) is 0 Å². The summed E-state index contributed by atoms with van der Waals surface area (Å²) in [6, 6.07) is 18.3. The number of hydrazone groups is 1. The fraction of sp³-hybridized carbons (Fsp3) is 0.125. The van der Waals surface area contributed by atoms with Gasteiger partial charge in [0.1, 0.15) is 0 Å². The van der Waals surface area contributed by atoms with Crippen molar-refractivity contribution in [3.8, 4) is 0 Å². The lowest BCUT2D eigenvalue weighted by Crippen LogP contribution is -1.92. The Kier molecular flexibility index (Phi) is 3.73. The maximum atomic E-state index is 4.39. The van der Waals surface area contributed by atoms with Gasteiger partial charge in [-0.25, -0.2) is 10.4 Å². The van der Waals surface area contributed by atoms with Crippen molar-refractivity contribution in [3.05, 3.63) is 60.2 Å². The van der Waals surface area contributed by atoms with Crippen LogP contribution < -0.4 is 5.43 Å². The lowest BCUT2D eigenvalue weighted by molar-refractivity contribution is 1.05. The number of anilines is 1. The molecule has 3 rings (SSSR count). The summed E-state index contributed by atoms with van der Waals surface area (Å²) in [4.78, 5) is 7.56. The second-order valence-corrected chi connectivity index (χ2v) is 4.55. The lowest BCUT2D eigenvalue weighted by atomic mass is 10.1. The van der Waals surface area contributed by atoms with Crippen LogP contribution in [0.1, 0.15) is 12.0 Å². The summed E-state index contributed by atoms with van der Waals surface area (Å²) < 4.78 is 0. The second-order valence-electron chi connectivity index (χ2n) is 4.55. The third kappa shape index (κ3) is 3.03. The predicted molar refractivity (Wildman–Crippen MR) is 83.0 cm³/mol. The first-order valence-corrected chi connectivity index (χ1v) is 6.68. The zero-order chi connectivity index (χ0) is 13.6. The van der Waals surface area contributed by atoms with Crippen LogP contribution in [0.3, 0.4) is 0 Å². The molecule has 1 aromatic heterocycles. The molecule has 0 bridgehead atoms. The zero-order valence-corrected chi connectivity index (χ0v) is 11.1. The monoisotopic (exact) mass is 264 g/mol. The van der Waals surface area contributed by atoms with Crippen LogP contribution in [0.25, 0.3) is 11.0 Å². The largest absolute Gasteiger partial charge is 0.323 e. The van der Waals surface area contributed by atoms with Crippen LogP contribution in [0.15, 0.2) is 59.7 Å². The average Bonchev–Trinajstić information content (AvgIpc) is 2.90. The van der Waals surface area contributed by atoms with E-state index in [0.717, 1.165) is 23.9 Å². The average molecular weight is 264 g/mol. The molecule has 0 aliphatic rings. The summed E-state index contributed by atoms with van der Waals surface area (Å²) in [5.41, 5.74) is 6.19. The maximum absolute atomic E-state index is 4.39. The Morgan fingerprint density at radius 2 is 1.85 bits per heavy atom. The Labute approximate surface area is 117 Å². The van der Waals surface area contributed by atoms with Gasteiger partial charge in [-0.1, -0.05) is 42.5 Å². The summed E-state index contributed by atoms with van der Waals surface area (Å²) in [5.74, 6) is 0.669. The van der Waals surface area contributed by atoms with Crippen molar-refractivity contribution >= 4 is 23.2 Å². The number of benzene rings is 2. The molecule has 100 valence electrons. The van der Waals surface area contributed by atoms with Crippen molar-refractivity contribution in [1.82, 2.24) is 9.97 Å². The minimum absolute atomic E-state index is 0.669. The third-order valence-corrected chi connectivity index (χ3v) is 3.06. The number of aromatic amines is 1. The number of rotatable bonds is 5. The van der Waals surface area contributed by atoms with Gasteiger partial charge in [0.15, 0.2) is 0 Å². The number of fused-ring (bicyclic) bond motifs is 1. The number of para-hydroxylation sites is 2. The molecule has 4 heteroatoms. The molecule has 0 amide bonds. The molecular formula is C16H16N4. The van der Waals surface area contributed by atoms with E-state index in [0.29, 0.717) is 5.95 Å². The van der Waals surface area contributed by atoms with Crippen LogP contribution >= 0.6 is 0 Å². The molecule has 3 aromatic rings. The van der Waals surface area contributed by atoms with Crippen LogP contribution in [0.5, 0.6) is 0 Å². The number of hydrogen-bond acceptors (Lipinski definition) is 3. The molecule has 20 heavy (non-hydrogen) atoms. The number of hydrogen-bond donors (Lipinski definition) is 2. The van der Waals surface area contributed by atoms with Crippen LogP contribution in [-0.4, -0.2) is 16.2 Å². The van der Waals surface area contributed by atoms with Crippen molar-refractivity contribution in [2.45, 2.75) is 12.8 Å². The first-order valence-electron chi connectivity index (χ1n) is 6.68. The molecule has 0 aliphatic carbocycles. The van der Waals surface area contributed by atoms with Gasteiger partial charge in [-0.2, -0.15) is 5.10 Å². The van der Waals surface area contributed by atoms with E-state index in [2.05, 4.69) is 44.8 Å². The summed E-state index contributed by atoms with van der Waals surface area (Å²) in [7, 11) is 0. The number of aromatic nitrogens is 2. The first kappa shape index (κ1) is 12.4. The summed E-state index contributed by atoms with van der Waals surface area (Å²) in [6.45, 7) is 0. The smallest absolute Gasteiger partial charge is 0.222 e. The highest BCUT2D eigenvalue weighted by Crippen LogP contribution is 2.12. The van der Waals surface area contributed by atoms with Crippen LogP contribution in [0, 0.1) is 0 Å². The molecule has 0 saturated carbocycles. The van der Waals surface area contributed by atoms with Gasteiger partial charge in [0.05, 0.1) is 11.0 Å². The number of aryl methyl sites for hydroxylation is 1. The highest BCUT2D eigenvalue weighted by atomic mass is 15.3. The summed E-state index contributed by atoms with van der Waals surface area (Å²) in [6.07, 6.45) is 3.77. The van der Waals surface area contributed by atoms with Crippen LogP contribution in [0.4, 0.5) is 5.95 Å². The molecule has 0 saturated heterocycles. The van der Waals surface area contributed by atoms with Gasteiger partial charge < -0.3 is 4.98 Å². The van der Waals surface area contributed by atoms with E-state index in [1.807, 2.05) is 36.5 Å². The number of H-pyrrole nitrogens is 1. The second kappa shape index (κ2) is 6.02. The highest BCUT2D eigenvalue weighted by molar-refractivity contribution is 5.77. The quantitative estimate of drug-likeness (QED) is 0.546. The molecule has 2 N–H and O–H groups in total. The first-order chi connectivity index (χ1) is 9.92. The normalized spacial score (nSPS) is 11.2. The minimum atomic E-state index is 0.669. The Morgan fingerprint density at radius 1 is 1.05 bits per heavy atom. The van der Waals surface area contributed by atoms with Gasteiger partial charge in [0.25, 0.3) is 0 Å². The van der Waals surface area contributed by atoms with Gasteiger partial charge in [-0.05, 0) is 30.5 Å². The number of nitrogens with one attached hydrogen (secondary N) is 2. The van der Waals surface area contributed by atoms with Gasteiger partial charge in [0.2, 0.25) is 5.95 Å². The van der Waals surface area contributed by atoms with E-state index in [4.69, 9.17) is 0 Å². The maximum Gasteiger partial charge on any atom is 0.222 e. The van der Waals surface area contributed by atoms with Crippen molar-refractivity contribution in [2.75, 3.05) is 5.43 Å². The van der Waals surface area contributed by atoms with E-state index in [1.165, 1.54) is 5.56 Å². The van der Waals surface area contributed by atoms with E-state index >= 15 is 0 Å². The molecule has 0 atom stereocenters. The van der Waals surface area contributed by atoms with E-state index in [1.54, 1.807) is 0 Å². The van der Waals surface area contributed by atoms with E-state index in [-0.39, 0.29) is 0 Å². The van der Waals surface area contributed by atoms with Crippen LogP contribution in [0.2, 0.25) is 0 Å². The molecule has 4 nitrogen and oxygen atoms in total. The Balaban J connectivity index is 1.52. The van der Waals surface area contributed by atoms with Crippen LogP contribution in [-0.2, 0) is 6.42 Å². The van der Waals surface area contributed by atoms with Crippen molar-refractivity contribution < 1.29 is 0 Å². The predicted octanol–water partition coefficient (Wildman–Crippen LogP) is 3.59. The Bertz CT molecular complexity index is 668. The van der Waals surface area contributed by atoms with Gasteiger partial charge in [0, 0.05) is 6.21 Å². The topological polar surface area (TPSA) is 53.1 Å². The SMILES string of the molecule is C(/CCc1ccccc1)=N/Nc1nc2ccccc2[nH]1. The molecule has 0 radical (unpaired) electrons. The molecule has 2 aromatic carbocycles. The Morgan fingerprint density at radius 3 is 2.70 bits per heavy atom. The standard InChI is InChI=1S/C16H16N4/c1-2-7-13(8-3-1)9-6-12-17-20-16-18-14-10-4-5-11-15(14)19-16/h1-5,7-8,10-12H,6,9H2,(H2,18,19,20)/b17-12-. The van der Waals surface area contributed by atoms with E-state index < -0.39 is 0 Å². The third-order valence-electron chi connectivity index (χ3n) is 3.06. The molecule has 0 unspecified atom stereocenters. The lowest BCUT2D eigenvalue weighted by Gasteiger charge is -1.96. The highest BCUT2D eigenvalue weighted by Gasteiger charge is 1.98. The van der Waals surface area contributed by atoms with Crippen molar-refractivity contribution in [3.63, 3.8) is 0 Å². The molecule has 0 aliphatic heterocycles. The molecular weight excluding hydrogens is 248 g/mol. The molecule has 1 heterocycles. The molecule has 0 fully saturated rings. The zero-order valence-electron chi connectivity index (χ0n) is 11.1. The van der Waals surface area contributed by atoms with Gasteiger partial charge >= 0.3 is 0 Å².